The van der Waals surface area contributed by atoms with Crippen LogP contribution >= 0.6 is 0 Å². The van der Waals surface area contributed by atoms with Crippen LogP contribution in [0.4, 0.5) is 5.69 Å². The molecule has 2 aromatic carbocycles. The van der Waals surface area contributed by atoms with Gasteiger partial charge in [0.15, 0.2) is 0 Å². The lowest BCUT2D eigenvalue weighted by atomic mass is 9.88. The van der Waals surface area contributed by atoms with E-state index in [9.17, 15) is 19.5 Å². The van der Waals surface area contributed by atoms with E-state index in [2.05, 4.69) is 0 Å². The molecule has 0 spiro atoms. The van der Waals surface area contributed by atoms with Crippen LogP contribution in [0.2, 0.25) is 0 Å². The standard InChI is InChI=1S/C20H18N2O4/c1-11(23)21(2)16-10-17-13-7-5-8-14(20(25)26)18(13)19(24)22(17)15-9-4-3-6-12(15)16/h3-9,16-17H,10H2,1-2H3,(H,25,26)/t16-,17-/m0/s1. The molecule has 2 atom stereocenters. The molecule has 0 unspecified atom stereocenters. The molecule has 0 saturated carbocycles. The number of carboxylic acid groups (broad SMARTS) is 1. The molecule has 2 aliphatic rings. The van der Waals surface area contributed by atoms with Crippen LogP contribution in [0.25, 0.3) is 0 Å². The molecule has 0 aromatic heterocycles. The summed E-state index contributed by atoms with van der Waals surface area (Å²) in [5, 5.41) is 9.48. The molecule has 0 aliphatic carbocycles. The first-order chi connectivity index (χ1) is 12.4. The third kappa shape index (κ3) is 2.15. The second kappa shape index (κ2) is 5.69. The van der Waals surface area contributed by atoms with Crippen LogP contribution in [-0.2, 0) is 4.79 Å². The van der Waals surface area contributed by atoms with E-state index in [1.54, 1.807) is 22.9 Å². The Morgan fingerprint density at radius 1 is 1.12 bits per heavy atom. The monoisotopic (exact) mass is 350 g/mol. The van der Waals surface area contributed by atoms with Crippen LogP contribution < -0.4 is 4.90 Å². The number of anilines is 1. The fourth-order valence-corrected chi connectivity index (χ4v) is 4.09. The van der Waals surface area contributed by atoms with Gasteiger partial charge in [0.05, 0.1) is 23.2 Å². The van der Waals surface area contributed by atoms with Crippen molar-refractivity contribution in [1.82, 2.24) is 4.90 Å². The molecule has 6 heteroatoms. The number of rotatable bonds is 2. The van der Waals surface area contributed by atoms with E-state index in [0.29, 0.717) is 12.0 Å². The largest absolute Gasteiger partial charge is 0.478 e. The number of para-hydroxylation sites is 1. The molecular weight excluding hydrogens is 332 g/mol. The number of hydrogen-bond donors (Lipinski definition) is 1. The van der Waals surface area contributed by atoms with Crippen LogP contribution in [0.3, 0.4) is 0 Å². The number of hydrogen-bond acceptors (Lipinski definition) is 3. The second-order valence-electron chi connectivity index (χ2n) is 6.71. The minimum Gasteiger partial charge on any atom is -0.478 e. The highest BCUT2D eigenvalue weighted by molar-refractivity contribution is 6.16. The number of nitrogens with zero attached hydrogens (tertiary/aromatic N) is 2. The van der Waals surface area contributed by atoms with Crippen molar-refractivity contribution in [3.8, 4) is 0 Å². The molecule has 6 nitrogen and oxygen atoms in total. The lowest BCUT2D eigenvalue weighted by Gasteiger charge is -2.40. The van der Waals surface area contributed by atoms with E-state index in [0.717, 1.165) is 11.3 Å². The summed E-state index contributed by atoms with van der Waals surface area (Å²) < 4.78 is 0. The Hall–Kier alpha value is -3.15. The summed E-state index contributed by atoms with van der Waals surface area (Å²) in [6.07, 6.45) is 0.537. The van der Waals surface area contributed by atoms with Crippen LogP contribution in [0.1, 0.15) is 57.3 Å². The Kier molecular flexibility index (Phi) is 3.57. The molecule has 2 heterocycles. The normalized spacial score (nSPS) is 20.2. The highest BCUT2D eigenvalue weighted by Crippen LogP contribution is 2.50. The van der Waals surface area contributed by atoms with Gasteiger partial charge >= 0.3 is 5.97 Å². The van der Waals surface area contributed by atoms with Crippen LogP contribution in [-0.4, -0.2) is 34.8 Å². The zero-order chi connectivity index (χ0) is 18.6. The van der Waals surface area contributed by atoms with E-state index in [1.807, 2.05) is 30.3 Å². The number of carbonyl (C=O) groups excluding carboxylic acids is 2. The van der Waals surface area contributed by atoms with Gasteiger partial charge in [0.25, 0.3) is 5.91 Å². The van der Waals surface area contributed by atoms with Crippen molar-refractivity contribution in [3.05, 3.63) is 64.7 Å². The van der Waals surface area contributed by atoms with Crippen LogP contribution in [0.15, 0.2) is 42.5 Å². The van der Waals surface area contributed by atoms with Crippen LogP contribution in [0, 0.1) is 0 Å². The number of benzene rings is 2. The minimum atomic E-state index is -1.11. The van der Waals surface area contributed by atoms with Gasteiger partial charge in [-0.2, -0.15) is 0 Å². The molecule has 0 radical (unpaired) electrons. The average Bonchev–Trinajstić information content (AvgIpc) is 2.93. The van der Waals surface area contributed by atoms with Gasteiger partial charge in [0.1, 0.15) is 0 Å². The molecule has 0 saturated heterocycles. The van der Waals surface area contributed by atoms with Gasteiger partial charge in [-0.15, -0.1) is 0 Å². The van der Waals surface area contributed by atoms with Crippen LogP contribution in [0.5, 0.6) is 0 Å². The number of amides is 2. The number of carboxylic acids is 1. The predicted molar refractivity (Wildman–Crippen MR) is 95.2 cm³/mol. The molecular formula is C20H18N2O4. The molecule has 26 heavy (non-hydrogen) atoms. The summed E-state index contributed by atoms with van der Waals surface area (Å²) in [7, 11) is 1.75. The molecule has 132 valence electrons. The van der Waals surface area contributed by atoms with Gasteiger partial charge in [-0.3, -0.25) is 9.59 Å². The van der Waals surface area contributed by atoms with E-state index in [1.165, 1.54) is 13.0 Å². The number of aromatic carboxylic acids is 1. The first-order valence-electron chi connectivity index (χ1n) is 8.44. The number of carbonyl (C=O) groups is 3. The van der Waals surface area contributed by atoms with Gasteiger partial charge in [0, 0.05) is 19.7 Å². The van der Waals surface area contributed by atoms with E-state index in [-0.39, 0.29) is 35.0 Å². The molecule has 0 fully saturated rings. The van der Waals surface area contributed by atoms with Gasteiger partial charge < -0.3 is 14.9 Å². The van der Waals surface area contributed by atoms with Crippen molar-refractivity contribution >= 4 is 23.5 Å². The van der Waals surface area contributed by atoms with Crippen molar-refractivity contribution in [2.45, 2.75) is 25.4 Å². The summed E-state index contributed by atoms with van der Waals surface area (Å²) in [4.78, 5) is 40.0. The zero-order valence-corrected chi connectivity index (χ0v) is 14.5. The summed E-state index contributed by atoms with van der Waals surface area (Å²) in [5.74, 6) is -1.46. The van der Waals surface area contributed by atoms with E-state index in [4.69, 9.17) is 0 Å². The molecule has 4 rings (SSSR count). The molecule has 2 aromatic rings. The third-order valence-corrected chi connectivity index (χ3v) is 5.40. The molecule has 2 aliphatic heterocycles. The lowest BCUT2D eigenvalue weighted by Crippen LogP contribution is -2.39. The quantitative estimate of drug-likeness (QED) is 0.903. The first kappa shape index (κ1) is 16.3. The first-order valence-corrected chi connectivity index (χ1v) is 8.44. The summed E-state index contributed by atoms with van der Waals surface area (Å²) in [6, 6.07) is 12.0. The van der Waals surface area contributed by atoms with E-state index >= 15 is 0 Å². The van der Waals surface area contributed by atoms with Gasteiger partial charge in [-0.25, -0.2) is 4.79 Å². The van der Waals surface area contributed by atoms with Crippen molar-refractivity contribution in [3.63, 3.8) is 0 Å². The van der Waals surface area contributed by atoms with Gasteiger partial charge in [0.2, 0.25) is 5.91 Å². The Labute approximate surface area is 150 Å². The maximum Gasteiger partial charge on any atom is 0.336 e. The zero-order valence-electron chi connectivity index (χ0n) is 14.5. The van der Waals surface area contributed by atoms with E-state index < -0.39 is 5.97 Å². The highest BCUT2D eigenvalue weighted by Gasteiger charge is 2.46. The van der Waals surface area contributed by atoms with Crippen molar-refractivity contribution in [1.29, 1.82) is 0 Å². The number of fused-ring (bicyclic) bond motifs is 5. The summed E-state index contributed by atoms with van der Waals surface area (Å²) >= 11 is 0. The lowest BCUT2D eigenvalue weighted by molar-refractivity contribution is -0.130. The van der Waals surface area contributed by atoms with Gasteiger partial charge in [-0.1, -0.05) is 30.3 Å². The summed E-state index contributed by atoms with van der Waals surface area (Å²) in [6.45, 7) is 1.52. The van der Waals surface area contributed by atoms with Crippen molar-refractivity contribution in [2.75, 3.05) is 11.9 Å². The SMILES string of the molecule is CC(=O)N(C)[C@H]1C[C@H]2c3cccc(C(=O)O)c3C(=O)N2c2ccccc21. The molecule has 0 bridgehead atoms. The fourth-order valence-electron chi connectivity index (χ4n) is 4.09. The van der Waals surface area contributed by atoms with Crippen molar-refractivity contribution < 1.29 is 19.5 Å². The topological polar surface area (TPSA) is 77.9 Å². The summed E-state index contributed by atoms with van der Waals surface area (Å²) in [5.41, 5.74) is 2.63. The molecule has 2 amide bonds. The highest BCUT2D eigenvalue weighted by atomic mass is 16.4. The van der Waals surface area contributed by atoms with Gasteiger partial charge in [-0.05, 0) is 29.7 Å². The Morgan fingerprint density at radius 3 is 2.50 bits per heavy atom. The maximum atomic E-state index is 13.1. The smallest absolute Gasteiger partial charge is 0.336 e. The molecule has 1 N–H and O–H groups in total. The fraction of sp³-hybridized carbons (Fsp3) is 0.250. The maximum absolute atomic E-state index is 13.1. The minimum absolute atomic E-state index is 0.0239. The second-order valence-corrected chi connectivity index (χ2v) is 6.71. The Morgan fingerprint density at radius 2 is 1.81 bits per heavy atom. The Balaban J connectivity index is 1.92. The average molecular weight is 350 g/mol. The predicted octanol–water partition coefficient (Wildman–Crippen LogP) is 3.01. The van der Waals surface area contributed by atoms with Crippen molar-refractivity contribution in [2.24, 2.45) is 0 Å². The third-order valence-electron chi connectivity index (χ3n) is 5.40. The Bertz CT molecular complexity index is 953.